The molecule has 2 aromatic carbocycles. The van der Waals surface area contributed by atoms with E-state index in [1.807, 2.05) is 0 Å². The number of amidine groups is 1. The third kappa shape index (κ3) is 2.66. The van der Waals surface area contributed by atoms with Gasteiger partial charge in [-0.3, -0.25) is 5.41 Å². The summed E-state index contributed by atoms with van der Waals surface area (Å²) in [4.78, 5) is 0. The predicted molar refractivity (Wildman–Crippen MR) is 68.7 cm³/mol. The number of nitrogen functional groups attached to an aromatic ring is 1. The smallest absolute Gasteiger partial charge is 0.130 e. The standard InChI is InChI=1S/C14H13FN2O/c1-9-2-5-12(8-13(9)15)18-11-6-3-10(4-7-11)14(16)17/h2-8H,1H3,(H3,16,17). The maximum absolute atomic E-state index is 13.3. The van der Waals surface area contributed by atoms with Crippen molar-refractivity contribution in [2.45, 2.75) is 6.92 Å². The van der Waals surface area contributed by atoms with Crippen LogP contribution >= 0.6 is 0 Å². The first-order valence-corrected chi connectivity index (χ1v) is 5.45. The Morgan fingerprint density at radius 2 is 1.72 bits per heavy atom. The third-order valence-electron chi connectivity index (χ3n) is 2.54. The van der Waals surface area contributed by atoms with Gasteiger partial charge in [0.2, 0.25) is 0 Å². The Kier molecular flexibility index (Phi) is 3.28. The zero-order valence-electron chi connectivity index (χ0n) is 9.91. The Bertz CT molecular complexity index is 579. The monoisotopic (exact) mass is 244 g/mol. The summed E-state index contributed by atoms with van der Waals surface area (Å²) < 4.78 is 18.8. The summed E-state index contributed by atoms with van der Waals surface area (Å²) in [7, 11) is 0. The summed E-state index contributed by atoms with van der Waals surface area (Å²) in [5.74, 6) is 0.715. The summed E-state index contributed by atoms with van der Waals surface area (Å²) >= 11 is 0. The number of ether oxygens (including phenoxy) is 1. The Morgan fingerprint density at radius 1 is 1.11 bits per heavy atom. The molecule has 0 spiro atoms. The van der Waals surface area contributed by atoms with E-state index >= 15 is 0 Å². The number of benzene rings is 2. The van der Waals surface area contributed by atoms with Crippen molar-refractivity contribution in [3.63, 3.8) is 0 Å². The fourth-order valence-electron chi connectivity index (χ4n) is 1.48. The Balaban J connectivity index is 2.18. The molecule has 18 heavy (non-hydrogen) atoms. The number of nitrogens with one attached hydrogen (secondary N) is 1. The van der Waals surface area contributed by atoms with E-state index in [2.05, 4.69) is 0 Å². The van der Waals surface area contributed by atoms with E-state index in [-0.39, 0.29) is 11.7 Å². The molecule has 0 aromatic heterocycles. The van der Waals surface area contributed by atoms with E-state index in [0.29, 0.717) is 22.6 Å². The van der Waals surface area contributed by atoms with E-state index in [1.165, 1.54) is 6.07 Å². The van der Waals surface area contributed by atoms with Crippen LogP contribution in [-0.4, -0.2) is 5.84 Å². The van der Waals surface area contributed by atoms with Gasteiger partial charge in [0.15, 0.2) is 0 Å². The second kappa shape index (κ2) is 4.87. The minimum absolute atomic E-state index is 0.00271. The van der Waals surface area contributed by atoms with E-state index in [1.54, 1.807) is 43.3 Å². The molecule has 0 aliphatic rings. The zero-order valence-corrected chi connectivity index (χ0v) is 9.91. The number of nitrogens with two attached hydrogens (primary N) is 1. The molecular formula is C14H13FN2O. The molecule has 0 unspecified atom stereocenters. The molecule has 2 aromatic rings. The average molecular weight is 244 g/mol. The number of rotatable bonds is 3. The van der Waals surface area contributed by atoms with Gasteiger partial charge < -0.3 is 10.5 Å². The van der Waals surface area contributed by atoms with Crippen LogP contribution in [0.15, 0.2) is 42.5 Å². The molecule has 0 radical (unpaired) electrons. The normalized spacial score (nSPS) is 10.1. The molecule has 0 bridgehead atoms. The van der Waals surface area contributed by atoms with Gasteiger partial charge in [0.1, 0.15) is 23.2 Å². The minimum atomic E-state index is -0.298. The molecule has 3 N–H and O–H groups in total. The van der Waals surface area contributed by atoms with Crippen molar-refractivity contribution in [1.29, 1.82) is 5.41 Å². The van der Waals surface area contributed by atoms with Crippen LogP contribution in [0.2, 0.25) is 0 Å². The molecule has 0 aliphatic heterocycles. The van der Waals surface area contributed by atoms with Crippen LogP contribution in [0.5, 0.6) is 11.5 Å². The van der Waals surface area contributed by atoms with Crippen LogP contribution in [0.4, 0.5) is 4.39 Å². The molecule has 0 saturated heterocycles. The molecule has 0 heterocycles. The number of aryl methyl sites for hydroxylation is 1. The topological polar surface area (TPSA) is 59.1 Å². The molecule has 3 nitrogen and oxygen atoms in total. The van der Waals surface area contributed by atoms with Crippen LogP contribution in [0.1, 0.15) is 11.1 Å². The first kappa shape index (κ1) is 12.1. The van der Waals surface area contributed by atoms with Crippen molar-refractivity contribution in [2.75, 3.05) is 0 Å². The third-order valence-corrected chi connectivity index (χ3v) is 2.54. The van der Waals surface area contributed by atoms with E-state index in [4.69, 9.17) is 15.9 Å². The van der Waals surface area contributed by atoms with Gasteiger partial charge in [-0.25, -0.2) is 4.39 Å². The Morgan fingerprint density at radius 3 is 2.28 bits per heavy atom. The Hall–Kier alpha value is -2.36. The van der Waals surface area contributed by atoms with E-state index in [9.17, 15) is 4.39 Å². The first-order chi connectivity index (χ1) is 8.56. The van der Waals surface area contributed by atoms with E-state index in [0.717, 1.165) is 0 Å². The lowest BCUT2D eigenvalue weighted by Crippen LogP contribution is -2.10. The summed E-state index contributed by atoms with van der Waals surface area (Å²) in [6.07, 6.45) is 0. The summed E-state index contributed by atoms with van der Waals surface area (Å²) in [5, 5.41) is 7.27. The summed E-state index contributed by atoms with van der Waals surface area (Å²) in [6.45, 7) is 1.70. The van der Waals surface area contributed by atoms with Crippen LogP contribution < -0.4 is 10.5 Å². The van der Waals surface area contributed by atoms with Gasteiger partial charge in [-0.2, -0.15) is 0 Å². The van der Waals surface area contributed by atoms with Crippen LogP contribution in [0, 0.1) is 18.2 Å². The van der Waals surface area contributed by atoms with Gasteiger partial charge in [0.05, 0.1) is 0 Å². The first-order valence-electron chi connectivity index (χ1n) is 5.45. The van der Waals surface area contributed by atoms with Crippen molar-refractivity contribution < 1.29 is 9.13 Å². The lowest BCUT2D eigenvalue weighted by molar-refractivity contribution is 0.476. The highest BCUT2D eigenvalue weighted by Gasteiger charge is 2.02. The average Bonchev–Trinajstić information content (AvgIpc) is 2.34. The molecule has 0 fully saturated rings. The van der Waals surface area contributed by atoms with Gasteiger partial charge >= 0.3 is 0 Å². The van der Waals surface area contributed by atoms with Crippen molar-refractivity contribution >= 4 is 5.84 Å². The second-order valence-electron chi connectivity index (χ2n) is 3.95. The predicted octanol–water partition coefficient (Wildman–Crippen LogP) is 3.21. The largest absolute Gasteiger partial charge is 0.457 e. The maximum atomic E-state index is 13.3. The van der Waals surface area contributed by atoms with Crippen LogP contribution in [-0.2, 0) is 0 Å². The molecular weight excluding hydrogens is 231 g/mol. The van der Waals surface area contributed by atoms with E-state index < -0.39 is 0 Å². The molecule has 4 heteroatoms. The highest BCUT2D eigenvalue weighted by atomic mass is 19.1. The molecule has 2 rings (SSSR count). The van der Waals surface area contributed by atoms with Crippen LogP contribution in [0.3, 0.4) is 0 Å². The fourth-order valence-corrected chi connectivity index (χ4v) is 1.48. The number of halogens is 1. The second-order valence-corrected chi connectivity index (χ2v) is 3.95. The lowest BCUT2D eigenvalue weighted by Gasteiger charge is -2.07. The summed E-state index contributed by atoms with van der Waals surface area (Å²) in [6, 6.07) is 11.5. The maximum Gasteiger partial charge on any atom is 0.130 e. The molecule has 0 amide bonds. The summed E-state index contributed by atoms with van der Waals surface area (Å²) in [5.41, 5.74) is 6.55. The van der Waals surface area contributed by atoms with Crippen molar-refractivity contribution in [1.82, 2.24) is 0 Å². The molecule has 92 valence electrons. The van der Waals surface area contributed by atoms with Gasteiger partial charge in [-0.05, 0) is 42.8 Å². The van der Waals surface area contributed by atoms with Crippen molar-refractivity contribution in [3.8, 4) is 11.5 Å². The SMILES string of the molecule is Cc1ccc(Oc2ccc(C(=N)N)cc2)cc1F. The quantitative estimate of drug-likeness (QED) is 0.643. The number of hydrogen-bond donors (Lipinski definition) is 2. The highest BCUT2D eigenvalue weighted by molar-refractivity contribution is 5.94. The van der Waals surface area contributed by atoms with Gasteiger partial charge in [-0.1, -0.05) is 6.07 Å². The molecule has 0 atom stereocenters. The number of hydrogen-bond acceptors (Lipinski definition) is 2. The van der Waals surface area contributed by atoms with Gasteiger partial charge in [0, 0.05) is 11.6 Å². The van der Waals surface area contributed by atoms with Gasteiger partial charge in [-0.15, -0.1) is 0 Å². The van der Waals surface area contributed by atoms with Crippen LogP contribution in [0.25, 0.3) is 0 Å². The zero-order chi connectivity index (χ0) is 13.1. The molecule has 0 saturated carbocycles. The van der Waals surface area contributed by atoms with Gasteiger partial charge in [0.25, 0.3) is 0 Å². The minimum Gasteiger partial charge on any atom is -0.457 e. The van der Waals surface area contributed by atoms with Crippen molar-refractivity contribution in [3.05, 3.63) is 59.4 Å². The lowest BCUT2D eigenvalue weighted by atomic mass is 10.2. The fraction of sp³-hybridized carbons (Fsp3) is 0.0714. The Labute approximate surface area is 105 Å². The highest BCUT2D eigenvalue weighted by Crippen LogP contribution is 2.23. The van der Waals surface area contributed by atoms with Crippen molar-refractivity contribution in [2.24, 2.45) is 5.73 Å². The molecule has 0 aliphatic carbocycles.